The van der Waals surface area contributed by atoms with Gasteiger partial charge in [-0.05, 0) is 29.8 Å². The Morgan fingerprint density at radius 3 is 2.33 bits per heavy atom. The first-order valence-electron chi connectivity index (χ1n) is 9.28. The summed E-state index contributed by atoms with van der Waals surface area (Å²) in [5.74, 6) is -0.629. The van der Waals surface area contributed by atoms with Crippen LogP contribution in [0.4, 0.5) is 18.9 Å². The highest BCUT2D eigenvalue weighted by Crippen LogP contribution is 2.34. The fraction of sp³-hybridized carbons (Fsp3) is 0.350. The highest BCUT2D eigenvalue weighted by molar-refractivity contribution is 7.88. The maximum Gasteiger partial charge on any atom is 0.418 e. The van der Waals surface area contributed by atoms with E-state index in [0.29, 0.717) is 32.7 Å². The lowest BCUT2D eigenvalue weighted by atomic mass is 10.1. The highest BCUT2D eigenvalue weighted by Gasteiger charge is 2.33. The third-order valence-electron chi connectivity index (χ3n) is 4.88. The minimum atomic E-state index is -4.57. The van der Waals surface area contributed by atoms with Crippen molar-refractivity contribution in [2.75, 3.05) is 37.8 Å². The molecule has 10 heteroatoms. The molecule has 6 nitrogen and oxygen atoms in total. The van der Waals surface area contributed by atoms with Crippen LogP contribution in [0.15, 0.2) is 48.5 Å². The van der Waals surface area contributed by atoms with Crippen molar-refractivity contribution in [3.8, 4) is 0 Å². The summed E-state index contributed by atoms with van der Waals surface area (Å²) in [6.45, 7) is 2.42. The number of hydrogen-bond acceptors (Lipinski definition) is 4. The third kappa shape index (κ3) is 5.59. The standard InChI is InChI=1S/C20H22F3N3O3S/c1-30(28,29)26-11-9-25(10-12-26)14-15-5-4-6-16(13-15)19(27)24-18-8-3-2-7-17(18)20(21,22)23/h2-8,13H,9-12,14H2,1H3,(H,24,27). The molecule has 0 aromatic heterocycles. The van der Waals surface area contributed by atoms with Gasteiger partial charge in [-0.3, -0.25) is 9.69 Å². The summed E-state index contributed by atoms with van der Waals surface area (Å²) in [6, 6.07) is 11.5. The first-order valence-corrected chi connectivity index (χ1v) is 11.1. The Morgan fingerprint density at radius 2 is 1.70 bits per heavy atom. The summed E-state index contributed by atoms with van der Waals surface area (Å²) < 4.78 is 64.0. The van der Waals surface area contributed by atoms with Gasteiger partial charge in [0.25, 0.3) is 5.91 Å². The number of hydrogen-bond donors (Lipinski definition) is 1. The number of para-hydroxylation sites is 1. The predicted molar refractivity (Wildman–Crippen MR) is 108 cm³/mol. The van der Waals surface area contributed by atoms with Crippen LogP contribution in [0, 0.1) is 0 Å². The van der Waals surface area contributed by atoms with Crippen LogP contribution in [-0.4, -0.2) is 56.0 Å². The Bertz CT molecular complexity index is 1020. The lowest BCUT2D eigenvalue weighted by Crippen LogP contribution is -2.47. The number of anilines is 1. The van der Waals surface area contributed by atoms with E-state index in [-0.39, 0.29) is 11.3 Å². The second-order valence-corrected chi connectivity index (χ2v) is 9.12. The van der Waals surface area contributed by atoms with Gasteiger partial charge in [0.1, 0.15) is 0 Å². The number of alkyl halides is 3. The summed E-state index contributed by atoms with van der Waals surface area (Å²) in [6.07, 6.45) is -3.39. The molecule has 0 atom stereocenters. The first kappa shape index (κ1) is 22.3. The molecule has 30 heavy (non-hydrogen) atoms. The van der Waals surface area contributed by atoms with Crippen molar-refractivity contribution in [1.29, 1.82) is 0 Å². The predicted octanol–water partition coefficient (Wildman–Crippen LogP) is 3.03. The van der Waals surface area contributed by atoms with Crippen LogP contribution >= 0.6 is 0 Å². The van der Waals surface area contributed by atoms with Crippen molar-refractivity contribution in [2.45, 2.75) is 12.7 Å². The third-order valence-corrected chi connectivity index (χ3v) is 6.18. The van der Waals surface area contributed by atoms with E-state index in [2.05, 4.69) is 10.2 Å². The molecule has 162 valence electrons. The van der Waals surface area contributed by atoms with Gasteiger partial charge in [0.2, 0.25) is 10.0 Å². The number of nitrogens with zero attached hydrogens (tertiary/aromatic N) is 2. The molecule has 1 amide bonds. The minimum absolute atomic E-state index is 0.249. The van der Waals surface area contributed by atoms with E-state index in [9.17, 15) is 26.4 Å². The van der Waals surface area contributed by atoms with Crippen molar-refractivity contribution in [1.82, 2.24) is 9.21 Å². The molecule has 1 fully saturated rings. The number of benzene rings is 2. The largest absolute Gasteiger partial charge is 0.418 e. The minimum Gasteiger partial charge on any atom is -0.321 e. The van der Waals surface area contributed by atoms with Crippen molar-refractivity contribution < 1.29 is 26.4 Å². The van der Waals surface area contributed by atoms with Crippen LogP contribution in [0.2, 0.25) is 0 Å². The lowest BCUT2D eigenvalue weighted by molar-refractivity contribution is -0.136. The van der Waals surface area contributed by atoms with Gasteiger partial charge in [0.15, 0.2) is 0 Å². The molecule has 0 saturated carbocycles. The molecule has 3 rings (SSSR count). The molecule has 0 bridgehead atoms. The molecular weight excluding hydrogens is 419 g/mol. The fourth-order valence-electron chi connectivity index (χ4n) is 3.32. The zero-order valence-corrected chi connectivity index (χ0v) is 17.1. The Hall–Kier alpha value is -2.43. The zero-order valence-electron chi connectivity index (χ0n) is 16.3. The van der Waals surface area contributed by atoms with Gasteiger partial charge >= 0.3 is 6.18 Å². The summed E-state index contributed by atoms with van der Waals surface area (Å²) in [4.78, 5) is 14.6. The fourth-order valence-corrected chi connectivity index (χ4v) is 4.15. The van der Waals surface area contributed by atoms with Crippen LogP contribution in [0.3, 0.4) is 0 Å². The zero-order chi connectivity index (χ0) is 21.9. The number of sulfonamides is 1. The highest BCUT2D eigenvalue weighted by atomic mass is 32.2. The summed E-state index contributed by atoms with van der Waals surface area (Å²) in [7, 11) is -3.21. The van der Waals surface area contributed by atoms with E-state index >= 15 is 0 Å². The van der Waals surface area contributed by atoms with Gasteiger partial charge in [0, 0.05) is 38.3 Å². The SMILES string of the molecule is CS(=O)(=O)N1CCN(Cc2cccc(C(=O)Nc3ccccc3C(F)(F)F)c2)CC1. The molecule has 1 aliphatic rings. The number of rotatable bonds is 5. The quantitative estimate of drug-likeness (QED) is 0.775. The Labute approximate surface area is 173 Å². The molecule has 0 aliphatic carbocycles. The Morgan fingerprint density at radius 1 is 1.03 bits per heavy atom. The first-order chi connectivity index (χ1) is 14.0. The number of piperazine rings is 1. The monoisotopic (exact) mass is 441 g/mol. The van der Waals surface area contributed by atoms with Gasteiger partial charge in [0.05, 0.1) is 17.5 Å². The van der Waals surface area contributed by atoms with Crippen LogP contribution in [-0.2, 0) is 22.7 Å². The molecule has 0 spiro atoms. The van der Waals surface area contributed by atoms with E-state index < -0.39 is 27.7 Å². The molecule has 1 aliphatic heterocycles. The molecular formula is C20H22F3N3O3S. The molecule has 1 N–H and O–H groups in total. The second-order valence-electron chi connectivity index (χ2n) is 7.14. The van der Waals surface area contributed by atoms with E-state index in [0.717, 1.165) is 11.6 Å². The average Bonchev–Trinajstić information content (AvgIpc) is 2.67. The van der Waals surface area contributed by atoms with Crippen molar-refractivity contribution in [3.63, 3.8) is 0 Å². The normalized spacial score (nSPS) is 16.4. The van der Waals surface area contributed by atoms with Crippen LogP contribution in [0.1, 0.15) is 21.5 Å². The molecule has 2 aromatic carbocycles. The van der Waals surface area contributed by atoms with Crippen LogP contribution in [0.5, 0.6) is 0 Å². The molecule has 1 heterocycles. The topological polar surface area (TPSA) is 69.7 Å². The summed E-state index contributed by atoms with van der Waals surface area (Å²) in [5, 5.41) is 2.34. The number of halogens is 3. The summed E-state index contributed by atoms with van der Waals surface area (Å²) in [5.41, 5.74) is -0.130. The van der Waals surface area contributed by atoms with Crippen molar-refractivity contribution >= 4 is 21.6 Å². The number of amides is 1. The summed E-state index contributed by atoms with van der Waals surface area (Å²) >= 11 is 0. The maximum atomic E-state index is 13.1. The van der Waals surface area contributed by atoms with Gasteiger partial charge in [-0.1, -0.05) is 24.3 Å². The second kappa shape index (κ2) is 8.75. The van der Waals surface area contributed by atoms with Crippen molar-refractivity contribution in [3.05, 3.63) is 65.2 Å². The Balaban J connectivity index is 1.67. The van der Waals surface area contributed by atoms with Crippen LogP contribution < -0.4 is 5.32 Å². The smallest absolute Gasteiger partial charge is 0.321 e. The molecule has 0 unspecified atom stereocenters. The van der Waals surface area contributed by atoms with Gasteiger partial charge in [-0.15, -0.1) is 0 Å². The number of nitrogens with one attached hydrogen (secondary N) is 1. The average molecular weight is 441 g/mol. The van der Waals surface area contributed by atoms with E-state index in [1.807, 2.05) is 6.07 Å². The van der Waals surface area contributed by atoms with E-state index in [4.69, 9.17) is 0 Å². The molecule has 1 saturated heterocycles. The van der Waals surface area contributed by atoms with Gasteiger partial charge in [-0.2, -0.15) is 17.5 Å². The van der Waals surface area contributed by atoms with Crippen molar-refractivity contribution in [2.24, 2.45) is 0 Å². The van der Waals surface area contributed by atoms with Crippen LogP contribution in [0.25, 0.3) is 0 Å². The molecule has 0 radical (unpaired) electrons. The lowest BCUT2D eigenvalue weighted by Gasteiger charge is -2.33. The van der Waals surface area contributed by atoms with Gasteiger partial charge < -0.3 is 5.32 Å². The van der Waals surface area contributed by atoms with Gasteiger partial charge in [-0.25, -0.2) is 8.42 Å². The maximum absolute atomic E-state index is 13.1. The van der Waals surface area contributed by atoms with E-state index in [1.165, 1.54) is 34.8 Å². The number of carbonyl (C=O) groups is 1. The molecule has 2 aromatic rings. The number of carbonyl (C=O) groups excluding carboxylic acids is 1. The Kier molecular flexibility index (Phi) is 6.49. The van der Waals surface area contributed by atoms with E-state index in [1.54, 1.807) is 12.1 Å².